The van der Waals surface area contributed by atoms with Crippen LogP contribution >= 0.6 is 24.0 Å². The van der Waals surface area contributed by atoms with E-state index in [0.29, 0.717) is 12.6 Å². The molecule has 0 spiro atoms. The Kier molecular flexibility index (Phi) is 7.77. The van der Waals surface area contributed by atoms with E-state index in [-0.39, 0.29) is 42.0 Å². The molecule has 1 fully saturated rings. The van der Waals surface area contributed by atoms with E-state index in [9.17, 15) is 13.2 Å². The zero-order valence-corrected chi connectivity index (χ0v) is 16.1. The first kappa shape index (κ1) is 21.0. The average Bonchev–Trinajstić information content (AvgIpc) is 3.08. The second kappa shape index (κ2) is 8.88. The second-order valence-electron chi connectivity index (χ2n) is 5.68. The first-order valence-corrected chi connectivity index (χ1v) is 7.68. The standard InChI is InChI=1S/C14H23F3N6.HI/c1-3-23-6-4-5-11(23)8-20-13(18)19-7-10-9-22(2)21-12(10)14(15,16)17;/h9,11H,3-8H2,1-2H3,(H3,18,19,20);1H. The van der Waals surface area contributed by atoms with E-state index in [1.807, 2.05) is 0 Å². The molecule has 0 amide bonds. The molecule has 6 nitrogen and oxygen atoms in total. The summed E-state index contributed by atoms with van der Waals surface area (Å²) in [6.45, 7) is 4.67. The third-order valence-electron chi connectivity index (χ3n) is 4.02. The molecule has 1 aliphatic rings. The van der Waals surface area contributed by atoms with Gasteiger partial charge in [0.2, 0.25) is 0 Å². The highest BCUT2D eigenvalue weighted by Crippen LogP contribution is 2.30. The van der Waals surface area contributed by atoms with E-state index in [1.54, 1.807) is 0 Å². The summed E-state index contributed by atoms with van der Waals surface area (Å²) in [6, 6.07) is 0.401. The Bertz CT molecular complexity index is 557. The summed E-state index contributed by atoms with van der Waals surface area (Å²) in [5.74, 6) is 0.157. The molecule has 2 heterocycles. The molecule has 1 atom stereocenters. The summed E-state index contributed by atoms with van der Waals surface area (Å²) in [6.07, 6.45) is -0.925. The van der Waals surface area contributed by atoms with Crippen LogP contribution in [-0.4, -0.2) is 46.3 Å². The smallest absolute Gasteiger partial charge is 0.370 e. The van der Waals surface area contributed by atoms with Crippen LogP contribution in [0.5, 0.6) is 0 Å². The molecule has 1 aromatic heterocycles. The predicted octanol–water partition coefficient (Wildman–Crippen LogP) is 1.95. The van der Waals surface area contributed by atoms with Crippen LogP contribution in [0.2, 0.25) is 0 Å². The van der Waals surface area contributed by atoms with Crippen LogP contribution in [0.15, 0.2) is 11.2 Å². The maximum absolute atomic E-state index is 12.8. The van der Waals surface area contributed by atoms with Crippen molar-refractivity contribution >= 4 is 29.9 Å². The molecule has 0 radical (unpaired) electrons. The van der Waals surface area contributed by atoms with Crippen LogP contribution in [-0.2, 0) is 19.8 Å². The lowest BCUT2D eigenvalue weighted by atomic mass is 10.2. The minimum atomic E-state index is -4.49. The third-order valence-corrected chi connectivity index (χ3v) is 4.02. The minimum absolute atomic E-state index is 0. The van der Waals surface area contributed by atoms with E-state index < -0.39 is 11.9 Å². The number of hydrogen-bond acceptors (Lipinski definition) is 3. The van der Waals surface area contributed by atoms with Crippen molar-refractivity contribution in [2.24, 2.45) is 17.8 Å². The lowest BCUT2D eigenvalue weighted by molar-refractivity contribution is -0.142. The van der Waals surface area contributed by atoms with Crippen LogP contribution in [0.25, 0.3) is 0 Å². The quantitative estimate of drug-likeness (QED) is 0.401. The lowest BCUT2D eigenvalue weighted by Crippen LogP contribution is -2.42. The molecule has 2 rings (SSSR count). The van der Waals surface area contributed by atoms with Crippen LogP contribution < -0.4 is 11.1 Å². The topological polar surface area (TPSA) is 71.5 Å². The van der Waals surface area contributed by atoms with Gasteiger partial charge in [0, 0.05) is 31.4 Å². The van der Waals surface area contributed by atoms with Gasteiger partial charge < -0.3 is 11.1 Å². The van der Waals surface area contributed by atoms with Gasteiger partial charge in [-0.2, -0.15) is 18.3 Å². The number of guanidine groups is 1. The molecule has 1 aliphatic heterocycles. The zero-order valence-electron chi connectivity index (χ0n) is 13.8. The van der Waals surface area contributed by atoms with Crippen molar-refractivity contribution in [2.45, 2.75) is 38.5 Å². The normalized spacial score (nSPS) is 19.4. The van der Waals surface area contributed by atoms with Gasteiger partial charge in [0.1, 0.15) is 0 Å². The lowest BCUT2D eigenvalue weighted by Gasteiger charge is -2.23. The van der Waals surface area contributed by atoms with Crippen molar-refractivity contribution in [1.82, 2.24) is 20.0 Å². The number of halogens is 4. The molecule has 3 N–H and O–H groups in total. The first-order chi connectivity index (χ1) is 10.8. The van der Waals surface area contributed by atoms with Crippen LogP contribution in [0.4, 0.5) is 13.2 Å². The van der Waals surface area contributed by atoms with Crippen molar-refractivity contribution in [2.75, 3.05) is 19.6 Å². The van der Waals surface area contributed by atoms with E-state index in [0.717, 1.165) is 30.6 Å². The number of likely N-dealkylation sites (N-methyl/N-ethyl adjacent to an activating group) is 1. The Morgan fingerprint density at radius 3 is 2.83 bits per heavy atom. The van der Waals surface area contributed by atoms with E-state index in [4.69, 9.17) is 5.73 Å². The highest BCUT2D eigenvalue weighted by molar-refractivity contribution is 14.0. The van der Waals surface area contributed by atoms with Crippen LogP contribution in [0, 0.1) is 0 Å². The number of aromatic nitrogens is 2. The Balaban J connectivity index is 0.00000288. The number of likely N-dealkylation sites (tertiary alicyclic amines) is 1. The second-order valence-corrected chi connectivity index (χ2v) is 5.68. The predicted molar refractivity (Wildman–Crippen MR) is 97.2 cm³/mol. The fraction of sp³-hybridized carbons (Fsp3) is 0.714. The Hall–Kier alpha value is -1.04. The molecule has 0 bridgehead atoms. The maximum atomic E-state index is 12.8. The highest BCUT2D eigenvalue weighted by Gasteiger charge is 2.36. The van der Waals surface area contributed by atoms with Gasteiger partial charge in [0.05, 0.1) is 6.54 Å². The number of aryl methyl sites for hydroxylation is 1. The molecule has 1 unspecified atom stereocenters. The van der Waals surface area contributed by atoms with Gasteiger partial charge in [-0.15, -0.1) is 24.0 Å². The number of nitrogens with one attached hydrogen (secondary N) is 1. The molecule has 24 heavy (non-hydrogen) atoms. The van der Waals surface area contributed by atoms with Crippen molar-refractivity contribution in [3.8, 4) is 0 Å². The van der Waals surface area contributed by atoms with Crippen molar-refractivity contribution in [3.05, 3.63) is 17.5 Å². The maximum Gasteiger partial charge on any atom is 0.435 e. The number of alkyl halides is 3. The van der Waals surface area contributed by atoms with Crippen LogP contribution in [0.1, 0.15) is 31.0 Å². The number of nitrogens with zero attached hydrogens (tertiary/aromatic N) is 4. The molecule has 10 heteroatoms. The average molecular weight is 460 g/mol. The summed E-state index contributed by atoms with van der Waals surface area (Å²) in [5.41, 5.74) is 4.87. The summed E-state index contributed by atoms with van der Waals surface area (Å²) in [7, 11) is 1.45. The van der Waals surface area contributed by atoms with Gasteiger partial charge in [-0.25, -0.2) is 4.99 Å². The monoisotopic (exact) mass is 460 g/mol. The van der Waals surface area contributed by atoms with Gasteiger partial charge in [0.25, 0.3) is 0 Å². The summed E-state index contributed by atoms with van der Waals surface area (Å²) in [4.78, 5) is 6.36. The number of nitrogens with two attached hydrogens (primary N) is 1. The number of hydrogen-bond donors (Lipinski definition) is 2. The van der Waals surface area contributed by atoms with Gasteiger partial charge in [0.15, 0.2) is 11.7 Å². The minimum Gasteiger partial charge on any atom is -0.370 e. The number of aliphatic imine (C=N–C) groups is 1. The first-order valence-electron chi connectivity index (χ1n) is 7.68. The van der Waals surface area contributed by atoms with Crippen LogP contribution in [0.3, 0.4) is 0 Å². The molecule has 1 saturated heterocycles. The van der Waals surface area contributed by atoms with E-state index in [2.05, 4.69) is 27.2 Å². The summed E-state index contributed by atoms with van der Waals surface area (Å²) >= 11 is 0. The molecule has 0 aromatic carbocycles. The number of rotatable bonds is 5. The van der Waals surface area contributed by atoms with Gasteiger partial charge >= 0.3 is 6.18 Å². The molecular formula is C14H24F3IN6. The Morgan fingerprint density at radius 2 is 2.21 bits per heavy atom. The van der Waals surface area contributed by atoms with Gasteiger partial charge in [-0.3, -0.25) is 9.58 Å². The molecule has 0 saturated carbocycles. The van der Waals surface area contributed by atoms with Gasteiger partial charge in [-0.05, 0) is 25.9 Å². The fourth-order valence-corrected chi connectivity index (χ4v) is 2.88. The molecule has 1 aromatic rings. The van der Waals surface area contributed by atoms with Gasteiger partial charge in [-0.1, -0.05) is 6.92 Å². The zero-order chi connectivity index (χ0) is 17.0. The Morgan fingerprint density at radius 1 is 1.50 bits per heavy atom. The molecule has 0 aliphatic carbocycles. The fourth-order valence-electron chi connectivity index (χ4n) is 2.88. The largest absolute Gasteiger partial charge is 0.435 e. The molecule has 138 valence electrons. The SMILES string of the molecule is CCN1CCCC1CNC(N)=NCc1cn(C)nc1C(F)(F)F.I. The highest BCUT2D eigenvalue weighted by atomic mass is 127. The molecular weight excluding hydrogens is 436 g/mol. The van der Waals surface area contributed by atoms with Crippen molar-refractivity contribution in [3.63, 3.8) is 0 Å². The summed E-state index contributed by atoms with van der Waals surface area (Å²) < 4.78 is 39.7. The van der Waals surface area contributed by atoms with Crippen molar-refractivity contribution in [1.29, 1.82) is 0 Å². The van der Waals surface area contributed by atoms with E-state index in [1.165, 1.54) is 13.2 Å². The Labute approximate surface area is 156 Å². The third kappa shape index (κ3) is 5.50. The van der Waals surface area contributed by atoms with Crippen molar-refractivity contribution < 1.29 is 13.2 Å². The summed E-state index contributed by atoms with van der Waals surface area (Å²) in [5, 5.41) is 6.45. The van der Waals surface area contributed by atoms with E-state index >= 15 is 0 Å².